The summed E-state index contributed by atoms with van der Waals surface area (Å²) in [5.41, 5.74) is 2.55. The van der Waals surface area contributed by atoms with Gasteiger partial charge in [0, 0.05) is 38.1 Å². The number of benzene rings is 2. The van der Waals surface area contributed by atoms with Gasteiger partial charge in [0.25, 0.3) is 0 Å². The number of carbonyl (C=O) groups is 1. The van der Waals surface area contributed by atoms with Gasteiger partial charge >= 0.3 is 6.03 Å². The molecule has 0 bridgehead atoms. The summed E-state index contributed by atoms with van der Waals surface area (Å²) < 4.78 is 5.37. The first-order chi connectivity index (χ1) is 13.7. The molecule has 3 rings (SSSR count). The number of carbonyl (C=O) groups excluding carboxylic acids is 1. The molecule has 2 aromatic rings. The molecule has 1 atom stereocenters. The molecule has 1 saturated heterocycles. The number of amides is 2. The molecule has 1 heterocycles. The summed E-state index contributed by atoms with van der Waals surface area (Å²) in [6.45, 7) is 6.95. The Kier molecular flexibility index (Phi) is 7.88. The Bertz CT molecular complexity index is 663. The smallest absolute Gasteiger partial charge is 0.315 e. The second-order valence-electron chi connectivity index (χ2n) is 7.38. The number of nitrogens with zero attached hydrogens (tertiary/aromatic N) is 1. The summed E-state index contributed by atoms with van der Waals surface area (Å²) in [7, 11) is 0. The maximum Gasteiger partial charge on any atom is 0.315 e. The summed E-state index contributed by atoms with van der Waals surface area (Å²) >= 11 is 0. The third-order valence-corrected chi connectivity index (χ3v) is 5.14. The van der Waals surface area contributed by atoms with Gasteiger partial charge in [0.05, 0.1) is 13.2 Å². The van der Waals surface area contributed by atoms with E-state index in [0.717, 1.165) is 39.3 Å². The average molecular weight is 382 g/mol. The minimum absolute atomic E-state index is 0.0966. The molecular formula is C23H31N3O2. The Labute approximate surface area is 168 Å². The minimum Gasteiger partial charge on any atom is -0.379 e. The zero-order valence-corrected chi connectivity index (χ0v) is 16.6. The van der Waals surface area contributed by atoms with Crippen LogP contribution < -0.4 is 10.6 Å². The highest BCUT2D eigenvalue weighted by molar-refractivity contribution is 5.74. The lowest BCUT2D eigenvalue weighted by molar-refractivity contribution is 0.0349. The van der Waals surface area contributed by atoms with E-state index in [4.69, 9.17) is 4.74 Å². The van der Waals surface area contributed by atoms with Crippen molar-refractivity contribution in [2.75, 3.05) is 39.4 Å². The number of ether oxygens (including phenoxy) is 1. The van der Waals surface area contributed by atoms with Crippen LogP contribution in [-0.4, -0.2) is 56.4 Å². The van der Waals surface area contributed by atoms with E-state index in [1.54, 1.807) is 0 Å². The van der Waals surface area contributed by atoms with Crippen LogP contribution in [-0.2, 0) is 4.74 Å². The van der Waals surface area contributed by atoms with Crippen molar-refractivity contribution in [2.24, 2.45) is 0 Å². The van der Waals surface area contributed by atoms with Crippen LogP contribution in [0.25, 0.3) is 0 Å². The Morgan fingerprint density at radius 3 is 2.14 bits per heavy atom. The summed E-state index contributed by atoms with van der Waals surface area (Å²) in [4.78, 5) is 14.6. The number of morpholine rings is 1. The fourth-order valence-corrected chi connectivity index (χ4v) is 3.72. The van der Waals surface area contributed by atoms with E-state index in [0.29, 0.717) is 6.54 Å². The third-order valence-electron chi connectivity index (χ3n) is 5.14. The Balaban J connectivity index is 1.47. The summed E-state index contributed by atoms with van der Waals surface area (Å²) in [5.74, 6) is 0.272. The van der Waals surface area contributed by atoms with Gasteiger partial charge in [0.2, 0.25) is 0 Å². The Hall–Kier alpha value is -2.37. The summed E-state index contributed by atoms with van der Waals surface area (Å²) in [5, 5.41) is 6.08. The van der Waals surface area contributed by atoms with Crippen LogP contribution in [0.5, 0.6) is 0 Å². The fraction of sp³-hybridized carbons (Fsp3) is 0.435. The molecule has 0 saturated carbocycles. The quantitative estimate of drug-likeness (QED) is 0.738. The van der Waals surface area contributed by atoms with Gasteiger partial charge in [-0.15, -0.1) is 0 Å². The van der Waals surface area contributed by atoms with Gasteiger partial charge in [0.1, 0.15) is 0 Å². The van der Waals surface area contributed by atoms with Crippen LogP contribution in [0, 0.1) is 0 Å². The topological polar surface area (TPSA) is 53.6 Å². The summed E-state index contributed by atoms with van der Waals surface area (Å²) in [6.07, 6.45) is 0.860. The number of hydrogen-bond acceptors (Lipinski definition) is 3. The third kappa shape index (κ3) is 6.36. The van der Waals surface area contributed by atoms with Crippen molar-refractivity contribution in [2.45, 2.75) is 25.3 Å². The first-order valence-electron chi connectivity index (χ1n) is 10.2. The molecule has 1 fully saturated rings. The van der Waals surface area contributed by atoms with Crippen LogP contribution in [0.2, 0.25) is 0 Å². The zero-order chi connectivity index (χ0) is 19.6. The molecule has 1 unspecified atom stereocenters. The van der Waals surface area contributed by atoms with Crippen molar-refractivity contribution in [1.82, 2.24) is 15.5 Å². The zero-order valence-electron chi connectivity index (χ0n) is 16.6. The van der Waals surface area contributed by atoms with Crippen molar-refractivity contribution in [3.05, 3.63) is 71.8 Å². The average Bonchev–Trinajstić information content (AvgIpc) is 2.73. The predicted octanol–water partition coefficient (Wildman–Crippen LogP) is 3.23. The highest BCUT2D eigenvalue weighted by Gasteiger charge is 2.16. The molecule has 0 aliphatic carbocycles. The first-order valence-corrected chi connectivity index (χ1v) is 10.2. The van der Waals surface area contributed by atoms with Gasteiger partial charge in [-0.25, -0.2) is 4.79 Å². The number of hydrogen-bond donors (Lipinski definition) is 2. The molecule has 2 aromatic carbocycles. The molecule has 2 N–H and O–H groups in total. The summed E-state index contributed by atoms with van der Waals surface area (Å²) in [6, 6.07) is 21.0. The van der Waals surface area contributed by atoms with Crippen molar-refractivity contribution in [3.8, 4) is 0 Å². The Morgan fingerprint density at radius 2 is 1.57 bits per heavy atom. The normalized spacial score (nSPS) is 15.9. The highest BCUT2D eigenvalue weighted by Crippen LogP contribution is 2.27. The molecule has 1 aliphatic heterocycles. The number of rotatable bonds is 8. The van der Waals surface area contributed by atoms with Crippen molar-refractivity contribution < 1.29 is 9.53 Å². The molecule has 1 aliphatic rings. The van der Waals surface area contributed by atoms with Gasteiger partial charge in [-0.05, 0) is 24.5 Å². The maximum atomic E-state index is 12.3. The van der Waals surface area contributed by atoms with Gasteiger partial charge in [-0.2, -0.15) is 0 Å². The number of nitrogens with one attached hydrogen (secondary N) is 2. The van der Waals surface area contributed by atoms with Crippen LogP contribution in [0.3, 0.4) is 0 Å². The number of urea groups is 1. The second kappa shape index (κ2) is 10.8. The fourth-order valence-electron chi connectivity index (χ4n) is 3.72. The monoisotopic (exact) mass is 381 g/mol. The lowest BCUT2D eigenvalue weighted by atomic mass is 9.88. The van der Waals surface area contributed by atoms with Crippen LogP contribution >= 0.6 is 0 Å². The standard InChI is InChI=1S/C23H31N3O2/c1-19(18-26-14-16-28-17-15-26)25-23(27)24-13-12-22(20-8-4-2-5-9-20)21-10-6-3-7-11-21/h2-11,19,22H,12-18H2,1H3,(H2,24,25,27). The van der Waals surface area contributed by atoms with Gasteiger partial charge in [-0.3, -0.25) is 4.90 Å². The van der Waals surface area contributed by atoms with Gasteiger partial charge in [0.15, 0.2) is 0 Å². The molecule has 5 nitrogen and oxygen atoms in total. The molecule has 0 radical (unpaired) electrons. The molecule has 2 amide bonds. The van der Waals surface area contributed by atoms with E-state index in [1.165, 1.54) is 11.1 Å². The van der Waals surface area contributed by atoms with Crippen LogP contribution in [0.15, 0.2) is 60.7 Å². The minimum atomic E-state index is -0.0966. The lowest BCUT2D eigenvalue weighted by Gasteiger charge is -2.29. The van der Waals surface area contributed by atoms with Gasteiger partial charge in [-0.1, -0.05) is 60.7 Å². The van der Waals surface area contributed by atoms with E-state index in [9.17, 15) is 4.79 Å². The molecule has 28 heavy (non-hydrogen) atoms. The van der Waals surface area contributed by atoms with Gasteiger partial charge < -0.3 is 15.4 Å². The van der Waals surface area contributed by atoms with Crippen LogP contribution in [0.1, 0.15) is 30.4 Å². The van der Waals surface area contributed by atoms with E-state index in [2.05, 4.69) is 64.1 Å². The molecule has 0 aromatic heterocycles. The second-order valence-corrected chi connectivity index (χ2v) is 7.38. The van der Waals surface area contributed by atoms with Crippen LogP contribution in [0.4, 0.5) is 4.79 Å². The molecule has 150 valence electrons. The Morgan fingerprint density at radius 1 is 1.00 bits per heavy atom. The molecular weight excluding hydrogens is 350 g/mol. The molecule has 5 heteroatoms. The SMILES string of the molecule is CC(CN1CCOCC1)NC(=O)NCCC(c1ccccc1)c1ccccc1. The van der Waals surface area contributed by atoms with Crippen molar-refractivity contribution in [1.29, 1.82) is 0 Å². The van der Waals surface area contributed by atoms with E-state index in [1.807, 2.05) is 19.1 Å². The molecule has 0 spiro atoms. The maximum absolute atomic E-state index is 12.3. The van der Waals surface area contributed by atoms with Crippen molar-refractivity contribution >= 4 is 6.03 Å². The first kappa shape index (κ1) is 20.4. The highest BCUT2D eigenvalue weighted by atomic mass is 16.5. The lowest BCUT2D eigenvalue weighted by Crippen LogP contribution is -2.48. The van der Waals surface area contributed by atoms with E-state index < -0.39 is 0 Å². The largest absolute Gasteiger partial charge is 0.379 e. The predicted molar refractivity (Wildman–Crippen MR) is 113 cm³/mol. The van der Waals surface area contributed by atoms with E-state index >= 15 is 0 Å². The van der Waals surface area contributed by atoms with Crippen molar-refractivity contribution in [3.63, 3.8) is 0 Å². The van der Waals surface area contributed by atoms with E-state index in [-0.39, 0.29) is 18.0 Å².